The molecule has 146 valence electrons. The first kappa shape index (κ1) is 19.7. The number of benzene rings is 1. The van der Waals surface area contributed by atoms with E-state index in [0.717, 1.165) is 19.3 Å². The van der Waals surface area contributed by atoms with E-state index in [1.54, 1.807) is 24.1 Å². The van der Waals surface area contributed by atoms with Gasteiger partial charge in [0.05, 0.1) is 6.10 Å². The van der Waals surface area contributed by atoms with Crippen LogP contribution in [0.1, 0.15) is 30.9 Å². The number of nitrogens with zero attached hydrogens (tertiary/aromatic N) is 3. The Morgan fingerprint density at radius 2 is 1.81 bits per heavy atom. The quantitative estimate of drug-likeness (QED) is 0.817. The van der Waals surface area contributed by atoms with Crippen LogP contribution in [0.2, 0.25) is 0 Å². The zero-order chi connectivity index (χ0) is 19.4. The molecule has 2 aromatic rings. The molecule has 1 aliphatic rings. The molecule has 0 saturated carbocycles. The highest BCUT2D eigenvalue weighted by Crippen LogP contribution is 2.22. The van der Waals surface area contributed by atoms with Crippen molar-refractivity contribution in [3.63, 3.8) is 0 Å². The van der Waals surface area contributed by atoms with Crippen molar-refractivity contribution in [1.82, 2.24) is 9.29 Å². The summed E-state index contributed by atoms with van der Waals surface area (Å²) in [5.41, 5.74) is 0.604. The molecule has 1 aromatic carbocycles. The van der Waals surface area contributed by atoms with Crippen molar-refractivity contribution in [2.24, 2.45) is 0 Å². The largest absolute Gasteiger partial charge is 0.387 e. The highest BCUT2D eigenvalue weighted by molar-refractivity contribution is 7.89. The summed E-state index contributed by atoms with van der Waals surface area (Å²) in [6, 6.07) is 8.86. The fourth-order valence-electron chi connectivity index (χ4n) is 3.15. The lowest BCUT2D eigenvalue weighted by atomic mass is 10.1. The van der Waals surface area contributed by atoms with Crippen molar-refractivity contribution < 1.29 is 17.9 Å². The van der Waals surface area contributed by atoms with Crippen LogP contribution in [0.15, 0.2) is 47.5 Å². The number of hydrogen-bond acceptors (Lipinski definition) is 5. The molecule has 1 N–H and O–H groups in total. The first-order chi connectivity index (χ1) is 12.9. The van der Waals surface area contributed by atoms with Crippen molar-refractivity contribution in [2.45, 2.75) is 30.3 Å². The summed E-state index contributed by atoms with van der Waals surface area (Å²) in [6.07, 6.45) is 3.38. The fraction of sp³-hybridized carbons (Fsp3) is 0.421. The molecule has 1 atom stereocenters. The number of rotatable bonds is 6. The molecule has 0 amide bonds. The minimum absolute atomic E-state index is 0.181. The van der Waals surface area contributed by atoms with E-state index in [2.05, 4.69) is 4.98 Å². The number of aromatic nitrogens is 1. The Labute approximate surface area is 159 Å². The number of aliphatic hydroxyl groups is 1. The molecule has 0 spiro atoms. The van der Waals surface area contributed by atoms with Gasteiger partial charge in [0.25, 0.3) is 0 Å². The van der Waals surface area contributed by atoms with Crippen LogP contribution in [0, 0.1) is 5.82 Å². The van der Waals surface area contributed by atoms with E-state index in [1.165, 1.54) is 34.8 Å². The first-order valence-corrected chi connectivity index (χ1v) is 10.4. The smallest absolute Gasteiger partial charge is 0.244 e. The lowest BCUT2D eigenvalue weighted by Crippen LogP contribution is -2.35. The average molecular weight is 393 g/mol. The molecule has 27 heavy (non-hydrogen) atoms. The number of piperidine rings is 1. The molecule has 0 radical (unpaired) electrons. The minimum atomic E-state index is -3.51. The standard InChI is InChI=1S/C19H24FN3O3S/c1-22(14-18(24)15-5-7-16(20)8-6-15)19-10-9-17(13-21-19)27(25,26)23-11-3-2-4-12-23/h5-10,13,18,24H,2-4,11-12,14H2,1H3. The van der Waals surface area contributed by atoms with Gasteiger partial charge in [0.15, 0.2) is 0 Å². The summed E-state index contributed by atoms with van der Waals surface area (Å²) in [7, 11) is -1.75. The predicted molar refractivity (Wildman–Crippen MR) is 101 cm³/mol. The molecular formula is C19H24FN3O3S. The van der Waals surface area contributed by atoms with Gasteiger partial charge < -0.3 is 10.0 Å². The lowest BCUT2D eigenvalue weighted by Gasteiger charge is -2.26. The molecule has 1 unspecified atom stereocenters. The van der Waals surface area contributed by atoms with Crippen LogP contribution in [0.25, 0.3) is 0 Å². The summed E-state index contributed by atoms with van der Waals surface area (Å²) < 4.78 is 39.8. The number of anilines is 1. The number of sulfonamides is 1. The highest BCUT2D eigenvalue weighted by atomic mass is 32.2. The third-order valence-corrected chi connectivity index (χ3v) is 6.65. The predicted octanol–water partition coefficient (Wildman–Crippen LogP) is 2.57. The van der Waals surface area contributed by atoms with Crippen molar-refractivity contribution in [2.75, 3.05) is 31.6 Å². The van der Waals surface area contributed by atoms with Crippen LogP contribution in [-0.2, 0) is 10.0 Å². The van der Waals surface area contributed by atoms with Gasteiger partial charge in [0.2, 0.25) is 10.0 Å². The molecule has 2 heterocycles. The lowest BCUT2D eigenvalue weighted by molar-refractivity contribution is 0.184. The van der Waals surface area contributed by atoms with Gasteiger partial charge in [-0.2, -0.15) is 4.31 Å². The Balaban J connectivity index is 1.68. The molecule has 0 aliphatic carbocycles. The van der Waals surface area contributed by atoms with Crippen LogP contribution in [0.5, 0.6) is 0 Å². The Bertz CT molecular complexity index is 851. The second-order valence-electron chi connectivity index (χ2n) is 6.76. The second-order valence-corrected chi connectivity index (χ2v) is 8.70. The van der Waals surface area contributed by atoms with E-state index in [0.29, 0.717) is 24.5 Å². The molecular weight excluding hydrogens is 369 g/mol. The van der Waals surface area contributed by atoms with Gasteiger partial charge in [0, 0.05) is 32.9 Å². The monoisotopic (exact) mass is 393 g/mol. The summed E-state index contributed by atoms with van der Waals surface area (Å²) in [4.78, 5) is 6.16. The van der Waals surface area contributed by atoms with Crippen LogP contribution in [0.3, 0.4) is 0 Å². The van der Waals surface area contributed by atoms with Gasteiger partial charge in [-0.1, -0.05) is 18.6 Å². The Kier molecular flexibility index (Phi) is 6.08. The minimum Gasteiger partial charge on any atom is -0.387 e. The van der Waals surface area contributed by atoms with E-state index < -0.39 is 16.1 Å². The molecule has 8 heteroatoms. The van der Waals surface area contributed by atoms with Crippen molar-refractivity contribution >= 4 is 15.8 Å². The van der Waals surface area contributed by atoms with Gasteiger partial charge in [-0.3, -0.25) is 0 Å². The zero-order valence-corrected chi connectivity index (χ0v) is 16.1. The van der Waals surface area contributed by atoms with Gasteiger partial charge in [-0.15, -0.1) is 0 Å². The van der Waals surface area contributed by atoms with Gasteiger partial charge in [-0.25, -0.2) is 17.8 Å². The number of hydrogen-bond donors (Lipinski definition) is 1. The van der Waals surface area contributed by atoms with Gasteiger partial charge in [0.1, 0.15) is 16.5 Å². The maximum absolute atomic E-state index is 13.0. The van der Waals surface area contributed by atoms with Crippen molar-refractivity contribution in [3.05, 3.63) is 54.0 Å². The van der Waals surface area contributed by atoms with E-state index >= 15 is 0 Å². The third-order valence-electron chi connectivity index (χ3n) is 4.77. The fourth-order valence-corrected chi connectivity index (χ4v) is 4.61. The number of aliphatic hydroxyl groups excluding tert-OH is 1. The Hall–Kier alpha value is -2.03. The maximum atomic E-state index is 13.0. The van der Waals surface area contributed by atoms with Crippen molar-refractivity contribution in [1.29, 1.82) is 0 Å². The van der Waals surface area contributed by atoms with Gasteiger partial charge in [-0.05, 0) is 42.7 Å². The van der Waals surface area contributed by atoms with E-state index in [9.17, 15) is 17.9 Å². The van der Waals surface area contributed by atoms with Crippen LogP contribution < -0.4 is 4.90 Å². The third kappa shape index (κ3) is 4.63. The van der Waals surface area contributed by atoms with Crippen LogP contribution >= 0.6 is 0 Å². The highest BCUT2D eigenvalue weighted by Gasteiger charge is 2.26. The molecule has 1 fully saturated rings. The van der Waals surface area contributed by atoms with Gasteiger partial charge >= 0.3 is 0 Å². The average Bonchev–Trinajstić information content (AvgIpc) is 2.69. The Morgan fingerprint density at radius 1 is 1.15 bits per heavy atom. The molecule has 1 aromatic heterocycles. The zero-order valence-electron chi connectivity index (χ0n) is 15.3. The summed E-state index contributed by atoms with van der Waals surface area (Å²) in [5.74, 6) is 0.195. The van der Waals surface area contributed by atoms with Crippen molar-refractivity contribution in [3.8, 4) is 0 Å². The number of halogens is 1. The maximum Gasteiger partial charge on any atom is 0.244 e. The van der Waals surface area contributed by atoms with E-state index in [4.69, 9.17) is 0 Å². The molecule has 3 rings (SSSR count). The SMILES string of the molecule is CN(CC(O)c1ccc(F)cc1)c1ccc(S(=O)(=O)N2CCCCC2)cn1. The molecule has 1 aliphatic heterocycles. The topological polar surface area (TPSA) is 73.7 Å². The number of pyridine rings is 1. The summed E-state index contributed by atoms with van der Waals surface area (Å²) >= 11 is 0. The second kappa shape index (κ2) is 8.33. The number of likely N-dealkylation sites (N-methyl/N-ethyl adjacent to an activating group) is 1. The summed E-state index contributed by atoms with van der Waals surface area (Å²) in [5, 5.41) is 10.3. The first-order valence-electron chi connectivity index (χ1n) is 8.99. The molecule has 0 bridgehead atoms. The molecule has 1 saturated heterocycles. The van der Waals surface area contributed by atoms with Crippen LogP contribution in [-0.4, -0.2) is 49.5 Å². The normalized spacial score (nSPS) is 16.9. The van der Waals surface area contributed by atoms with E-state index in [1.807, 2.05) is 0 Å². The summed E-state index contributed by atoms with van der Waals surface area (Å²) in [6.45, 7) is 1.35. The molecule has 6 nitrogen and oxygen atoms in total. The Morgan fingerprint density at radius 3 is 2.41 bits per heavy atom. The van der Waals surface area contributed by atoms with E-state index in [-0.39, 0.29) is 17.3 Å². The van der Waals surface area contributed by atoms with Crippen LogP contribution in [0.4, 0.5) is 10.2 Å².